The van der Waals surface area contributed by atoms with Crippen LogP contribution in [0.2, 0.25) is 0 Å². The summed E-state index contributed by atoms with van der Waals surface area (Å²) in [5.74, 6) is 0.847. The fourth-order valence-electron chi connectivity index (χ4n) is 1.17. The fraction of sp³-hybridized carbons (Fsp3) is 0.455. The van der Waals surface area contributed by atoms with Gasteiger partial charge in [0.05, 0.1) is 7.11 Å². The number of hydrogen-bond acceptors (Lipinski definition) is 1. The Kier molecular flexibility index (Phi) is 4.09. The lowest BCUT2D eigenvalue weighted by atomic mass is 10.1. The molecule has 1 aromatic rings. The average molecular weight is 233 g/mol. The maximum Gasteiger partial charge on any atom is 0.122 e. The SMILES string of the molecule is CCC(Cl)(Cl)Cc1ccc(OC)cc1. The molecule has 0 aliphatic carbocycles. The first-order valence-corrected chi connectivity index (χ1v) is 5.34. The average Bonchev–Trinajstić information content (AvgIpc) is 2.19. The second kappa shape index (κ2) is 4.90. The molecule has 0 saturated heterocycles. The van der Waals surface area contributed by atoms with Crippen LogP contribution in [0.4, 0.5) is 0 Å². The van der Waals surface area contributed by atoms with Gasteiger partial charge in [-0.25, -0.2) is 0 Å². The highest BCUT2D eigenvalue weighted by atomic mass is 35.5. The van der Waals surface area contributed by atoms with Crippen molar-refractivity contribution in [1.29, 1.82) is 0 Å². The summed E-state index contributed by atoms with van der Waals surface area (Å²) in [6, 6.07) is 7.78. The van der Waals surface area contributed by atoms with E-state index in [2.05, 4.69) is 0 Å². The van der Waals surface area contributed by atoms with Gasteiger partial charge in [0.1, 0.15) is 10.1 Å². The molecule has 0 radical (unpaired) electrons. The van der Waals surface area contributed by atoms with Gasteiger partial charge in [-0.2, -0.15) is 0 Å². The largest absolute Gasteiger partial charge is 0.497 e. The Hall–Kier alpha value is -0.400. The highest BCUT2D eigenvalue weighted by Crippen LogP contribution is 2.29. The lowest BCUT2D eigenvalue weighted by Crippen LogP contribution is -2.14. The molecule has 0 unspecified atom stereocenters. The zero-order valence-electron chi connectivity index (χ0n) is 8.39. The van der Waals surface area contributed by atoms with Crippen LogP contribution in [0.25, 0.3) is 0 Å². The molecule has 3 heteroatoms. The Bertz CT molecular complexity index is 280. The van der Waals surface area contributed by atoms with Gasteiger partial charge in [0.25, 0.3) is 0 Å². The van der Waals surface area contributed by atoms with Crippen molar-refractivity contribution in [3.8, 4) is 5.75 Å². The maximum atomic E-state index is 6.06. The van der Waals surface area contributed by atoms with E-state index in [-0.39, 0.29) is 0 Å². The van der Waals surface area contributed by atoms with Gasteiger partial charge in [-0.1, -0.05) is 19.1 Å². The van der Waals surface area contributed by atoms with Gasteiger partial charge in [-0.15, -0.1) is 23.2 Å². The number of ether oxygens (including phenoxy) is 1. The molecule has 14 heavy (non-hydrogen) atoms. The Morgan fingerprint density at radius 2 is 1.79 bits per heavy atom. The number of halogens is 2. The van der Waals surface area contributed by atoms with E-state index in [0.29, 0.717) is 6.42 Å². The molecule has 0 N–H and O–H groups in total. The number of rotatable bonds is 4. The number of alkyl halides is 2. The van der Waals surface area contributed by atoms with Gasteiger partial charge in [-0.3, -0.25) is 0 Å². The van der Waals surface area contributed by atoms with Gasteiger partial charge in [0, 0.05) is 6.42 Å². The van der Waals surface area contributed by atoms with Crippen molar-refractivity contribution in [3.05, 3.63) is 29.8 Å². The molecule has 0 aliphatic rings. The first kappa shape index (κ1) is 11.7. The Balaban J connectivity index is 2.69. The van der Waals surface area contributed by atoms with Crippen molar-refractivity contribution >= 4 is 23.2 Å². The molecule has 0 spiro atoms. The second-order valence-corrected chi connectivity index (χ2v) is 4.87. The highest BCUT2D eigenvalue weighted by molar-refractivity contribution is 6.48. The van der Waals surface area contributed by atoms with Gasteiger partial charge in [-0.05, 0) is 24.1 Å². The van der Waals surface area contributed by atoms with E-state index in [1.54, 1.807) is 7.11 Å². The minimum Gasteiger partial charge on any atom is -0.497 e. The topological polar surface area (TPSA) is 9.23 Å². The normalized spacial score (nSPS) is 11.4. The molecule has 0 aliphatic heterocycles. The summed E-state index contributed by atoms with van der Waals surface area (Å²) in [5.41, 5.74) is 1.12. The van der Waals surface area contributed by atoms with Crippen LogP contribution in [-0.4, -0.2) is 11.4 Å². The molecule has 1 rings (SSSR count). The van der Waals surface area contributed by atoms with Crippen LogP contribution in [0.5, 0.6) is 5.75 Å². The van der Waals surface area contributed by atoms with Crippen LogP contribution in [0.15, 0.2) is 24.3 Å². The molecule has 0 saturated carbocycles. The van der Waals surface area contributed by atoms with Gasteiger partial charge in [0.15, 0.2) is 0 Å². The number of hydrogen-bond donors (Lipinski definition) is 0. The van der Waals surface area contributed by atoms with Crippen LogP contribution in [0.1, 0.15) is 18.9 Å². The van der Waals surface area contributed by atoms with Crippen LogP contribution >= 0.6 is 23.2 Å². The third-order valence-electron chi connectivity index (χ3n) is 2.14. The summed E-state index contributed by atoms with van der Waals surface area (Å²) in [5, 5.41) is 0. The first-order chi connectivity index (χ1) is 6.57. The molecule has 1 aromatic carbocycles. The lowest BCUT2D eigenvalue weighted by Gasteiger charge is -2.17. The summed E-state index contributed by atoms with van der Waals surface area (Å²) in [6.45, 7) is 1.98. The molecule has 1 nitrogen and oxygen atoms in total. The summed E-state index contributed by atoms with van der Waals surface area (Å²) in [4.78, 5) is 0. The lowest BCUT2D eigenvalue weighted by molar-refractivity contribution is 0.414. The van der Waals surface area contributed by atoms with E-state index in [4.69, 9.17) is 27.9 Å². The summed E-state index contributed by atoms with van der Waals surface area (Å²) in [6.07, 6.45) is 1.40. The maximum absolute atomic E-state index is 6.06. The van der Waals surface area contributed by atoms with E-state index in [1.165, 1.54) is 0 Å². The second-order valence-electron chi connectivity index (χ2n) is 3.23. The number of benzene rings is 1. The molecule has 0 heterocycles. The monoisotopic (exact) mass is 232 g/mol. The Labute approximate surface area is 95.0 Å². The molecule has 0 amide bonds. The minimum absolute atomic E-state index is 0.658. The summed E-state index contributed by atoms with van der Waals surface area (Å²) >= 11 is 12.1. The van der Waals surface area contributed by atoms with Crippen molar-refractivity contribution < 1.29 is 4.74 Å². The minimum atomic E-state index is -0.658. The fourth-order valence-corrected chi connectivity index (χ4v) is 1.48. The molecular formula is C11H14Cl2O. The summed E-state index contributed by atoms with van der Waals surface area (Å²) < 4.78 is 4.40. The van der Waals surface area contributed by atoms with Crippen LogP contribution in [0.3, 0.4) is 0 Å². The van der Waals surface area contributed by atoms with E-state index in [1.807, 2.05) is 31.2 Å². The molecule has 0 fully saturated rings. The van der Waals surface area contributed by atoms with E-state index in [9.17, 15) is 0 Å². The molecule has 78 valence electrons. The number of methoxy groups -OCH3 is 1. The van der Waals surface area contributed by atoms with Crippen LogP contribution < -0.4 is 4.74 Å². The predicted octanol–water partition coefficient (Wildman–Crippen LogP) is 3.82. The van der Waals surface area contributed by atoms with Crippen molar-refractivity contribution in [2.45, 2.75) is 24.1 Å². The quantitative estimate of drug-likeness (QED) is 0.718. The molecular weight excluding hydrogens is 219 g/mol. The first-order valence-electron chi connectivity index (χ1n) is 4.58. The van der Waals surface area contributed by atoms with E-state index < -0.39 is 4.33 Å². The predicted molar refractivity (Wildman–Crippen MR) is 61.4 cm³/mol. The summed E-state index contributed by atoms with van der Waals surface area (Å²) in [7, 11) is 1.65. The third kappa shape index (κ3) is 3.39. The van der Waals surface area contributed by atoms with Gasteiger partial charge in [0.2, 0.25) is 0 Å². The molecule has 0 aromatic heterocycles. The van der Waals surface area contributed by atoms with Crippen molar-refractivity contribution in [1.82, 2.24) is 0 Å². The smallest absolute Gasteiger partial charge is 0.122 e. The van der Waals surface area contributed by atoms with Crippen LogP contribution in [0, 0.1) is 0 Å². The standard InChI is InChI=1S/C11H14Cl2O/c1-3-11(12,13)8-9-4-6-10(14-2)7-5-9/h4-7H,3,8H2,1-2H3. The van der Waals surface area contributed by atoms with E-state index in [0.717, 1.165) is 17.7 Å². The van der Waals surface area contributed by atoms with Crippen molar-refractivity contribution in [3.63, 3.8) is 0 Å². The van der Waals surface area contributed by atoms with Crippen LogP contribution in [-0.2, 0) is 6.42 Å². The molecule has 0 bridgehead atoms. The zero-order valence-corrected chi connectivity index (χ0v) is 9.90. The Morgan fingerprint density at radius 1 is 1.21 bits per heavy atom. The zero-order chi connectivity index (χ0) is 10.6. The van der Waals surface area contributed by atoms with Crippen molar-refractivity contribution in [2.24, 2.45) is 0 Å². The highest BCUT2D eigenvalue weighted by Gasteiger charge is 2.21. The van der Waals surface area contributed by atoms with E-state index >= 15 is 0 Å². The van der Waals surface area contributed by atoms with Gasteiger partial charge < -0.3 is 4.74 Å². The van der Waals surface area contributed by atoms with Crippen molar-refractivity contribution in [2.75, 3.05) is 7.11 Å². The van der Waals surface area contributed by atoms with Gasteiger partial charge >= 0.3 is 0 Å². The molecule has 0 atom stereocenters. The third-order valence-corrected chi connectivity index (χ3v) is 2.94. The Morgan fingerprint density at radius 3 is 2.21 bits per heavy atom.